The van der Waals surface area contributed by atoms with Crippen LogP contribution in [-0.4, -0.2) is 35.7 Å². The van der Waals surface area contributed by atoms with E-state index in [1.54, 1.807) is 12.3 Å². The normalized spacial score (nSPS) is 15.2. The number of hydrogen-bond acceptors (Lipinski definition) is 4. The van der Waals surface area contributed by atoms with Crippen LogP contribution in [0.15, 0.2) is 18.3 Å². The first kappa shape index (κ1) is 10.9. The highest BCUT2D eigenvalue weighted by atomic mass is 16.3. The summed E-state index contributed by atoms with van der Waals surface area (Å²) in [4.78, 5) is 17.4. The first-order valence-corrected chi connectivity index (χ1v) is 5.41. The lowest BCUT2D eigenvalue weighted by atomic mass is 10.4. The number of hydrogen-bond donors (Lipinski definition) is 2. The van der Waals surface area contributed by atoms with Crippen LogP contribution >= 0.6 is 0 Å². The first-order chi connectivity index (χ1) is 7.79. The molecule has 1 saturated heterocycles. The summed E-state index contributed by atoms with van der Waals surface area (Å²) in [6, 6.07) is 3.69. The molecule has 2 rings (SSSR count). The van der Waals surface area contributed by atoms with Crippen LogP contribution in [0.25, 0.3) is 0 Å². The van der Waals surface area contributed by atoms with Crippen molar-refractivity contribution >= 4 is 17.4 Å². The smallest absolute Gasteiger partial charge is 0.250 e. The highest BCUT2D eigenvalue weighted by molar-refractivity contribution is 5.91. The Labute approximate surface area is 94.1 Å². The second-order valence-corrected chi connectivity index (χ2v) is 3.81. The van der Waals surface area contributed by atoms with Crippen LogP contribution in [0.1, 0.15) is 12.8 Å². The Balaban J connectivity index is 2.01. The number of pyridine rings is 1. The van der Waals surface area contributed by atoms with Crippen LogP contribution in [0, 0.1) is 0 Å². The van der Waals surface area contributed by atoms with Gasteiger partial charge in [-0.05, 0) is 25.0 Å². The molecule has 1 aromatic rings. The number of aliphatic hydroxyl groups excluding tert-OH is 1. The van der Waals surface area contributed by atoms with Crippen LogP contribution in [0.2, 0.25) is 0 Å². The van der Waals surface area contributed by atoms with Crippen LogP contribution in [-0.2, 0) is 4.79 Å². The van der Waals surface area contributed by atoms with Gasteiger partial charge in [0.1, 0.15) is 12.4 Å². The molecular weight excluding hydrogens is 206 g/mol. The molecule has 0 aromatic carbocycles. The van der Waals surface area contributed by atoms with E-state index >= 15 is 0 Å². The molecule has 1 aliphatic heterocycles. The van der Waals surface area contributed by atoms with E-state index in [9.17, 15) is 4.79 Å². The molecule has 1 aromatic heterocycles. The Kier molecular flexibility index (Phi) is 3.36. The fraction of sp³-hybridized carbons (Fsp3) is 0.455. The summed E-state index contributed by atoms with van der Waals surface area (Å²) in [7, 11) is 0. The number of carbonyl (C=O) groups is 1. The molecule has 2 N–H and O–H groups in total. The van der Waals surface area contributed by atoms with Gasteiger partial charge in [0.05, 0.1) is 11.9 Å². The molecule has 2 heterocycles. The lowest BCUT2D eigenvalue weighted by molar-refractivity contribution is -0.118. The summed E-state index contributed by atoms with van der Waals surface area (Å²) >= 11 is 0. The number of nitrogens with zero attached hydrogens (tertiary/aromatic N) is 2. The number of amides is 1. The topological polar surface area (TPSA) is 65.5 Å². The second kappa shape index (κ2) is 4.94. The van der Waals surface area contributed by atoms with Crippen molar-refractivity contribution in [3.8, 4) is 0 Å². The van der Waals surface area contributed by atoms with Crippen LogP contribution in [0.4, 0.5) is 11.5 Å². The maximum Gasteiger partial charge on any atom is 0.250 e. The molecule has 0 radical (unpaired) electrons. The third kappa shape index (κ3) is 2.49. The maximum absolute atomic E-state index is 10.9. The fourth-order valence-corrected chi connectivity index (χ4v) is 1.79. The molecule has 0 saturated carbocycles. The number of anilines is 2. The number of nitrogens with one attached hydrogen (secondary N) is 1. The summed E-state index contributed by atoms with van der Waals surface area (Å²) in [6.07, 6.45) is 4.04. The van der Waals surface area contributed by atoms with Crippen LogP contribution in [0.3, 0.4) is 0 Å². The Hall–Kier alpha value is -1.62. The van der Waals surface area contributed by atoms with Gasteiger partial charge >= 0.3 is 0 Å². The quantitative estimate of drug-likeness (QED) is 0.785. The minimum Gasteiger partial charge on any atom is -0.387 e. The van der Waals surface area contributed by atoms with Gasteiger partial charge in [0.15, 0.2) is 0 Å². The minimum atomic E-state index is -0.506. The minimum absolute atomic E-state index is 0.421. The van der Waals surface area contributed by atoms with Crippen molar-refractivity contribution in [2.75, 3.05) is 29.9 Å². The molecule has 5 nitrogen and oxygen atoms in total. The largest absolute Gasteiger partial charge is 0.387 e. The van der Waals surface area contributed by atoms with Crippen LogP contribution in [0.5, 0.6) is 0 Å². The SMILES string of the molecule is O=C(CO)Nc1ccc(N2CCCC2)nc1. The van der Waals surface area contributed by atoms with Crippen molar-refractivity contribution in [2.24, 2.45) is 0 Å². The highest BCUT2D eigenvalue weighted by Gasteiger charge is 2.13. The molecule has 0 atom stereocenters. The molecule has 0 spiro atoms. The number of aromatic nitrogens is 1. The average Bonchev–Trinajstić information content (AvgIpc) is 2.83. The summed E-state index contributed by atoms with van der Waals surface area (Å²) in [5, 5.41) is 11.1. The Morgan fingerprint density at radius 2 is 2.19 bits per heavy atom. The molecule has 5 heteroatoms. The second-order valence-electron chi connectivity index (χ2n) is 3.81. The van der Waals surface area contributed by atoms with Gasteiger partial charge in [-0.1, -0.05) is 0 Å². The number of carbonyl (C=O) groups excluding carboxylic acids is 1. The van der Waals surface area contributed by atoms with Gasteiger partial charge < -0.3 is 15.3 Å². The van der Waals surface area contributed by atoms with E-state index in [-0.39, 0.29) is 0 Å². The van der Waals surface area contributed by atoms with Gasteiger partial charge in [-0.2, -0.15) is 0 Å². The zero-order chi connectivity index (χ0) is 11.4. The molecule has 0 unspecified atom stereocenters. The summed E-state index contributed by atoms with van der Waals surface area (Å²) in [5.41, 5.74) is 0.613. The van der Waals surface area contributed by atoms with Crippen molar-refractivity contribution < 1.29 is 9.90 Å². The van der Waals surface area contributed by atoms with Gasteiger partial charge in [-0.25, -0.2) is 4.98 Å². The number of aliphatic hydroxyl groups is 1. The molecule has 1 aliphatic rings. The van der Waals surface area contributed by atoms with Crippen LogP contribution < -0.4 is 10.2 Å². The van der Waals surface area contributed by atoms with E-state index in [1.807, 2.05) is 6.07 Å². The number of rotatable bonds is 3. The predicted octanol–water partition coefficient (Wildman–Crippen LogP) is 0.613. The molecule has 1 fully saturated rings. The zero-order valence-electron chi connectivity index (χ0n) is 9.02. The van der Waals surface area contributed by atoms with Gasteiger partial charge in [-0.3, -0.25) is 4.79 Å². The van der Waals surface area contributed by atoms with E-state index in [4.69, 9.17) is 5.11 Å². The summed E-state index contributed by atoms with van der Waals surface area (Å²) in [5.74, 6) is 0.523. The predicted molar refractivity (Wildman–Crippen MR) is 61.4 cm³/mol. The van der Waals surface area contributed by atoms with Gasteiger partial charge in [0, 0.05) is 13.1 Å². The molecular formula is C11H15N3O2. The van der Waals surface area contributed by atoms with E-state index in [0.717, 1.165) is 18.9 Å². The molecule has 0 bridgehead atoms. The van der Waals surface area contributed by atoms with Crippen molar-refractivity contribution in [1.82, 2.24) is 4.98 Å². The Morgan fingerprint density at radius 3 is 2.75 bits per heavy atom. The zero-order valence-corrected chi connectivity index (χ0v) is 9.02. The Bertz CT molecular complexity index is 358. The van der Waals surface area contributed by atoms with E-state index in [2.05, 4.69) is 15.2 Å². The molecule has 16 heavy (non-hydrogen) atoms. The molecule has 1 amide bonds. The lowest BCUT2D eigenvalue weighted by Gasteiger charge is -2.16. The monoisotopic (exact) mass is 221 g/mol. The summed E-state index contributed by atoms with van der Waals surface area (Å²) in [6.45, 7) is 1.60. The standard InChI is InChI=1S/C11H15N3O2/c15-8-11(16)13-9-3-4-10(12-7-9)14-5-1-2-6-14/h3-4,7,15H,1-2,5-6,8H2,(H,13,16). The van der Waals surface area contributed by atoms with Crippen molar-refractivity contribution in [3.63, 3.8) is 0 Å². The lowest BCUT2D eigenvalue weighted by Crippen LogP contribution is -2.19. The van der Waals surface area contributed by atoms with E-state index in [0.29, 0.717) is 5.69 Å². The average molecular weight is 221 g/mol. The summed E-state index contributed by atoms with van der Waals surface area (Å²) < 4.78 is 0. The van der Waals surface area contributed by atoms with Crippen molar-refractivity contribution in [2.45, 2.75) is 12.8 Å². The Morgan fingerprint density at radius 1 is 1.44 bits per heavy atom. The van der Waals surface area contributed by atoms with Crippen molar-refractivity contribution in [3.05, 3.63) is 18.3 Å². The fourth-order valence-electron chi connectivity index (χ4n) is 1.79. The highest BCUT2D eigenvalue weighted by Crippen LogP contribution is 2.18. The first-order valence-electron chi connectivity index (χ1n) is 5.41. The van der Waals surface area contributed by atoms with Gasteiger partial charge in [0.2, 0.25) is 5.91 Å². The molecule has 86 valence electrons. The van der Waals surface area contributed by atoms with E-state index in [1.165, 1.54) is 12.8 Å². The molecule has 0 aliphatic carbocycles. The maximum atomic E-state index is 10.9. The van der Waals surface area contributed by atoms with E-state index < -0.39 is 12.5 Å². The van der Waals surface area contributed by atoms with Crippen molar-refractivity contribution in [1.29, 1.82) is 0 Å². The van der Waals surface area contributed by atoms with Gasteiger partial charge in [0.25, 0.3) is 0 Å². The third-order valence-electron chi connectivity index (χ3n) is 2.61. The van der Waals surface area contributed by atoms with Gasteiger partial charge in [-0.15, -0.1) is 0 Å². The third-order valence-corrected chi connectivity index (χ3v) is 2.61.